The van der Waals surface area contributed by atoms with Crippen LogP contribution in [-0.2, 0) is 22.3 Å². The fourth-order valence-electron chi connectivity index (χ4n) is 2.45. The van der Waals surface area contributed by atoms with E-state index in [0.717, 1.165) is 18.4 Å². The largest absolute Gasteiger partial charge is 0.353 e. The van der Waals surface area contributed by atoms with Crippen LogP contribution in [0.2, 0.25) is 0 Å². The van der Waals surface area contributed by atoms with E-state index in [2.05, 4.69) is 11.1 Å². The van der Waals surface area contributed by atoms with E-state index in [1.165, 1.54) is 5.56 Å². The summed E-state index contributed by atoms with van der Waals surface area (Å²) in [4.78, 5) is 3.00. The van der Waals surface area contributed by atoms with Crippen molar-refractivity contribution in [3.8, 4) is 6.07 Å². The molecule has 15 heavy (non-hydrogen) atoms. The molecule has 1 fully saturated rings. The van der Waals surface area contributed by atoms with Crippen LogP contribution in [0.4, 0.5) is 0 Å². The van der Waals surface area contributed by atoms with Gasteiger partial charge in [-0.05, 0) is 17.5 Å². The molecule has 1 aromatic rings. The van der Waals surface area contributed by atoms with Crippen molar-refractivity contribution in [3.05, 3.63) is 23.0 Å². The summed E-state index contributed by atoms with van der Waals surface area (Å²) in [7, 11) is 0. The summed E-state index contributed by atoms with van der Waals surface area (Å²) in [5, 5.41) is 8.95. The van der Waals surface area contributed by atoms with Crippen LogP contribution in [0.25, 0.3) is 0 Å². The third kappa shape index (κ3) is 1.28. The summed E-state index contributed by atoms with van der Waals surface area (Å²) < 4.78 is 11.3. The molecule has 1 aliphatic heterocycles. The van der Waals surface area contributed by atoms with Crippen molar-refractivity contribution in [1.82, 2.24) is 4.98 Å². The van der Waals surface area contributed by atoms with Crippen molar-refractivity contribution in [2.45, 2.75) is 25.0 Å². The second kappa shape index (κ2) is 3.09. The van der Waals surface area contributed by atoms with E-state index in [4.69, 9.17) is 14.7 Å². The Bertz CT molecular complexity index is 424. The zero-order valence-electron chi connectivity index (χ0n) is 8.38. The first-order valence-electron chi connectivity index (χ1n) is 5.20. The van der Waals surface area contributed by atoms with Gasteiger partial charge in [-0.25, -0.2) is 0 Å². The van der Waals surface area contributed by atoms with Gasteiger partial charge >= 0.3 is 0 Å². The maximum absolute atomic E-state index is 8.95. The number of nitrogens with one attached hydrogen (secondary N) is 1. The van der Waals surface area contributed by atoms with E-state index in [9.17, 15) is 0 Å². The van der Waals surface area contributed by atoms with E-state index >= 15 is 0 Å². The molecule has 0 aromatic carbocycles. The first-order valence-corrected chi connectivity index (χ1v) is 5.20. The topological polar surface area (TPSA) is 58.0 Å². The van der Waals surface area contributed by atoms with Crippen LogP contribution in [-0.4, -0.2) is 24.0 Å². The summed E-state index contributed by atoms with van der Waals surface area (Å²) >= 11 is 0. The van der Waals surface area contributed by atoms with Crippen LogP contribution in [0.5, 0.6) is 0 Å². The Morgan fingerprint density at radius 3 is 2.93 bits per heavy atom. The number of ether oxygens (including phenoxy) is 2. The molecule has 4 nitrogen and oxygen atoms in total. The molecule has 2 aliphatic rings. The van der Waals surface area contributed by atoms with E-state index in [-0.39, 0.29) is 0 Å². The molecule has 0 bridgehead atoms. The molecule has 3 rings (SSSR count). The lowest BCUT2D eigenvalue weighted by atomic mass is 9.89. The molecule has 0 atom stereocenters. The van der Waals surface area contributed by atoms with Gasteiger partial charge in [-0.1, -0.05) is 0 Å². The average Bonchev–Trinajstić information content (AvgIpc) is 2.85. The minimum Gasteiger partial charge on any atom is -0.353 e. The van der Waals surface area contributed by atoms with Gasteiger partial charge in [0, 0.05) is 19.0 Å². The number of fused-ring (bicyclic) bond motifs is 1. The Hall–Kier alpha value is -1.31. The van der Waals surface area contributed by atoms with Gasteiger partial charge in [0.25, 0.3) is 0 Å². The molecule has 0 saturated carbocycles. The van der Waals surface area contributed by atoms with Gasteiger partial charge in [0.15, 0.2) is 5.79 Å². The minimum absolute atomic E-state index is 0.444. The molecular weight excluding hydrogens is 192 g/mol. The van der Waals surface area contributed by atoms with Crippen LogP contribution < -0.4 is 0 Å². The molecule has 1 aliphatic carbocycles. The fourth-order valence-corrected chi connectivity index (χ4v) is 2.45. The van der Waals surface area contributed by atoms with Crippen molar-refractivity contribution in [2.75, 3.05) is 13.2 Å². The Morgan fingerprint density at radius 1 is 1.40 bits per heavy atom. The summed E-state index contributed by atoms with van der Waals surface area (Å²) in [6.07, 6.45) is 4.45. The van der Waals surface area contributed by atoms with E-state index in [1.807, 2.05) is 6.20 Å². The Morgan fingerprint density at radius 2 is 2.20 bits per heavy atom. The second-order valence-electron chi connectivity index (χ2n) is 4.06. The minimum atomic E-state index is -0.444. The first-order chi connectivity index (χ1) is 7.33. The lowest BCUT2D eigenvalue weighted by Crippen LogP contribution is -2.36. The molecule has 0 unspecified atom stereocenters. The number of aromatic nitrogens is 1. The van der Waals surface area contributed by atoms with Gasteiger partial charge in [-0.2, -0.15) is 5.26 Å². The summed E-state index contributed by atoms with van der Waals surface area (Å²) in [5.41, 5.74) is 2.96. The van der Waals surface area contributed by atoms with Crippen molar-refractivity contribution in [1.29, 1.82) is 5.26 Å². The van der Waals surface area contributed by atoms with Crippen molar-refractivity contribution < 1.29 is 9.47 Å². The van der Waals surface area contributed by atoms with E-state index in [1.54, 1.807) is 0 Å². The highest BCUT2D eigenvalue weighted by atomic mass is 16.7. The number of nitrogens with zero attached hydrogens (tertiary/aromatic N) is 1. The standard InChI is InChI=1S/C11H12N2O2/c12-6-10-9-5-11(14-3-4-15-11)2-1-8(9)7-13-10/h7,13H,1-5H2. The van der Waals surface area contributed by atoms with Crippen molar-refractivity contribution >= 4 is 0 Å². The fraction of sp³-hybridized carbons (Fsp3) is 0.545. The summed E-state index contributed by atoms with van der Waals surface area (Å²) in [6, 6.07) is 2.17. The number of aryl methyl sites for hydroxylation is 1. The van der Waals surface area contributed by atoms with E-state index in [0.29, 0.717) is 25.3 Å². The predicted octanol–water partition coefficient (Wildman–Crippen LogP) is 1.12. The molecule has 1 aromatic heterocycles. The molecule has 2 heterocycles. The second-order valence-corrected chi connectivity index (χ2v) is 4.06. The van der Waals surface area contributed by atoms with Gasteiger partial charge < -0.3 is 14.5 Å². The zero-order valence-corrected chi connectivity index (χ0v) is 8.38. The number of H-pyrrole nitrogens is 1. The van der Waals surface area contributed by atoms with E-state index < -0.39 is 5.79 Å². The van der Waals surface area contributed by atoms with Crippen molar-refractivity contribution in [2.24, 2.45) is 0 Å². The lowest BCUT2D eigenvalue weighted by Gasteiger charge is -2.31. The molecule has 1 spiro atoms. The Labute approximate surface area is 87.8 Å². The predicted molar refractivity (Wildman–Crippen MR) is 52.2 cm³/mol. The van der Waals surface area contributed by atoms with Crippen LogP contribution in [0.1, 0.15) is 23.2 Å². The maximum atomic E-state index is 8.95. The van der Waals surface area contributed by atoms with Gasteiger partial charge in [0.1, 0.15) is 11.8 Å². The van der Waals surface area contributed by atoms with Crippen LogP contribution in [0.3, 0.4) is 0 Å². The van der Waals surface area contributed by atoms with Gasteiger partial charge in [-0.15, -0.1) is 0 Å². The van der Waals surface area contributed by atoms with Crippen LogP contribution in [0, 0.1) is 11.3 Å². The molecule has 0 amide bonds. The molecular formula is C11H12N2O2. The van der Waals surface area contributed by atoms with Crippen molar-refractivity contribution in [3.63, 3.8) is 0 Å². The summed E-state index contributed by atoms with van der Waals surface area (Å²) in [5.74, 6) is -0.444. The highest BCUT2D eigenvalue weighted by Crippen LogP contribution is 2.36. The third-order valence-electron chi connectivity index (χ3n) is 3.23. The van der Waals surface area contributed by atoms with Gasteiger partial charge in [-0.3, -0.25) is 0 Å². The number of hydrogen-bond donors (Lipinski definition) is 1. The summed E-state index contributed by atoms with van der Waals surface area (Å²) in [6.45, 7) is 1.34. The Kier molecular flexibility index (Phi) is 1.84. The Balaban J connectivity index is 1.97. The highest BCUT2D eigenvalue weighted by molar-refractivity contribution is 5.41. The number of nitriles is 1. The molecule has 0 radical (unpaired) electrons. The average molecular weight is 204 g/mol. The number of hydrogen-bond acceptors (Lipinski definition) is 3. The third-order valence-corrected chi connectivity index (χ3v) is 3.23. The van der Waals surface area contributed by atoms with Gasteiger partial charge in [0.2, 0.25) is 0 Å². The lowest BCUT2D eigenvalue weighted by molar-refractivity contribution is -0.163. The first kappa shape index (κ1) is 8.96. The quantitative estimate of drug-likeness (QED) is 0.688. The number of rotatable bonds is 0. The van der Waals surface area contributed by atoms with Gasteiger partial charge in [0.05, 0.1) is 13.2 Å². The molecule has 1 saturated heterocycles. The molecule has 78 valence electrons. The smallest absolute Gasteiger partial charge is 0.172 e. The SMILES string of the molecule is N#Cc1[nH]cc2c1CC1(CC2)OCCO1. The maximum Gasteiger partial charge on any atom is 0.172 e. The monoisotopic (exact) mass is 204 g/mol. The molecule has 1 N–H and O–H groups in total. The van der Waals surface area contributed by atoms with Crippen LogP contribution >= 0.6 is 0 Å². The normalized spacial score (nSPS) is 22.6. The van der Waals surface area contributed by atoms with Crippen LogP contribution in [0.15, 0.2) is 6.20 Å². The zero-order chi connectivity index (χ0) is 10.3. The highest BCUT2D eigenvalue weighted by Gasteiger charge is 2.41. The number of aromatic amines is 1. The molecule has 4 heteroatoms.